The quantitative estimate of drug-likeness (QED) is 0.784. The molecule has 0 radical (unpaired) electrons. The van der Waals surface area contributed by atoms with E-state index in [2.05, 4.69) is 27.6 Å². The van der Waals surface area contributed by atoms with E-state index in [9.17, 15) is 4.79 Å². The van der Waals surface area contributed by atoms with Gasteiger partial charge in [0.15, 0.2) is 5.82 Å². The maximum atomic E-state index is 12.2. The molecule has 4 rings (SSSR count). The van der Waals surface area contributed by atoms with Gasteiger partial charge in [-0.15, -0.1) is 0 Å². The molecule has 0 bridgehead atoms. The Morgan fingerprint density at radius 1 is 1.08 bits per heavy atom. The first-order valence-electron chi connectivity index (χ1n) is 8.02. The van der Waals surface area contributed by atoms with E-state index in [0.29, 0.717) is 17.6 Å². The van der Waals surface area contributed by atoms with Crippen molar-refractivity contribution >= 4 is 5.91 Å². The fourth-order valence-electron chi connectivity index (χ4n) is 2.87. The van der Waals surface area contributed by atoms with E-state index in [1.165, 1.54) is 5.56 Å². The van der Waals surface area contributed by atoms with Crippen molar-refractivity contribution in [2.75, 3.05) is 0 Å². The van der Waals surface area contributed by atoms with Gasteiger partial charge in [0.25, 0.3) is 5.89 Å². The fraction of sp³-hybridized carbons (Fsp3) is 0.211. The minimum atomic E-state index is 0.0490. The van der Waals surface area contributed by atoms with Crippen LogP contribution >= 0.6 is 0 Å². The minimum absolute atomic E-state index is 0.0490. The number of nitrogens with zero attached hydrogens (tertiary/aromatic N) is 2. The fourth-order valence-corrected chi connectivity index (χ4v) is 2.87. The summed E-state index contributed by atoms with van der Waals surface area (Å²) < 4.78 is 5.24. The number of nitrogens with one attached hydrogen (secondary N) is 1. The first-order valence-corrected chi connectivity index (χ1v) is 8.02. The molecule has 3 aromatic rings. The second-order valence-electron chi connectivity index (χ2n) is 5.96. The lowest BCUT2D eigenvalue weighted by Gasteiger charge is -2.02. The third-order valence-electron chi connectivity index (χ3n) is 4.26. The second kappa shape index (κ2) is 6.28. The van der Waals surface area contributed by atoms with E-state index in [4.69, 9.17) is 4.52 Å². The molecule has 1 fully saturated rings. The van der Waals surface area contributed by atoms with Gasteiger partial charge in [-0.2, -0.15) is 4.98 Å². The number of carbonyl (C=O) groups excluding carboxylic acids is 1. The average Bonchev–Trinajstić information content (AvgIpc) is 3.31. The van der Waals surface area contributed by atoms with Crippen LogP contribution in [0.1, 0.15) is 23.7 Å². The van der Waals surface area contributed by atoms with Crippen molar-refractivity contribution in [3.8, 4) is 11.5 Å². The van der Waals surface area contributed by atoms with Gasteiger partial charge in [0.2, 0.25) is 5.91 Å². The summed E-state index contributed by atoms with van der Waals surface area (Å²) >= 11 is 0. The van der Waals surface area contributed by atoms with Crippen LogP contribution in [0.2, 0.25) is 0 Å². The van der Waals surface area contributed by atoms with Crippen molar-refractivity contribution < 1.29 is 9.32 Å². The summed E-state index contributed by atoms with van der Waals surface area (Å²) in [6, 6.07) is 19.7. The van der Waals surface area contributed by atoms with Gasteiger partial charge < -0.3 is 9.84 Å². The molecule has 1 saturated carbocycles. The number of hydrogen-bond acceptors (Lipinski definition) is 4. The van der Waals surface area contributed by atoms with Gasteiger partial charge in [-0.3, -0.25) is 4.79 Å². The normalized spacial score (nSPS) is 19.0. The van der Waals surface area contributed by atoms with E-state index in [1.807, 2.05) is 48.5 Å². The number of aromatic nitrogens is 2. The summed E-state index contributed by atoms with van der Waals surface area (Å²) in [7, 11) is 0. The standard InChI is InChI=1S/C19H17N3O2/c23-18(16-11-15(16)13-7-3-1-4-8-13)20-12-17-21-19(24-22-17)14-9-5-2-6-10-14/h1-10,15-16H,11-12H2,(H,20,23)/t15-,16+/m0/s1. The molecular formula is C19H17N3O2. The lowest BCUT2D eigenvalue weighted by molar-refractivity contribution is -0.122. The van der Waals surface area contributed by atoms with Crippen LogP contribution in [0.25, 0.3) is 11.5 Å². The molecule has 1 heterocycles. The first kappa shape index (κ1) is 14.6. The average molecular weight is 319 g/mol. The molecule has 2 aromatic carbocycles. The van der Waals surface area contributed by atoms with Crippen LogP contribution in [-0.4, -0.2) is 16.0 Å². The molecule has 1 N–H and O–H groups in total. The van der Waals surface area contributed by atoms with Crippen molar-refractivity contribution in [2.24, 2.45) is 5.92 Å². The Morgan fingerprint density at radius 3 is 2.54 bits per heavy atom. The predicted octanol–water partition coefficient (Wildman–Crippen LogP) is 3.16. The number of hydrogen-bond donors (Lipinski definition) is 1. The van der Waals surface area contributed by atoms with Crippen LogP contribution in [0.5, 0.6) is 0 Å². The van der Waals surface area contributed by atoms with Crippen LogP contribution < -0.4 is 5.32 Å². The maximum Gasteiger partial charge on any atom is 0.257 e. The molecule has 1 amide bonds. The summed E-state index contributed by atoms with van der Waals surface area (Å²) in [5, 5.41) is 6.82. The van der Waals surface area contributed by atoms with E-state index in [0.717, 1.165) is 12.0 Å². The van der Waals surface area contributed by atoms with Gasteiger partial charge in [0.1, 0.15) is 0 Å². The monoisotopic (exact) mass is 319 g/mol. The molecule has 0 spiro atoms. The molecule has 0 aliphatic heterocycles. The van der Waals surface area contributed by atoms with E-state index < -0.39 is 0 Å². The van der Waals surface area contributed by atoms with Crippen molar-refractivity contribution in [1.82, 2.24) is 15.5 Å². The van der Waals surface area contributed by atoms with Crippen LogP contribution in [-0.2, 0) is 11.3 Å². The zero-order chi connectivity index (χ0) is 16.4. The first-order chi connectivity index (χ1) is 11.8. The molecule has 1 aromatic heterocycles. The predicted molar refractivity (Wildman–Crippen MR) is 88.9 cm³/mol. The summed E-state index contributed by atoms with van der Waals surface area (Å²) in [4.78, 5) is 16.6. The van der Waals surface area contributed by atoms with Gasteiger partial charge in [-0.05, 0) is 30.0 Å². The molecule has 120 valence electrons. The lowest BCUT2D eigenvalue weighted by Crippen LogP contribution is -2.25. The largest absolute Gasteiger partial charge is 0.348 e. The van der Waals surface area contributed by atoms with Gasteiger partial charge >= 0.3 is 0 Å². The van der Waals surface area contributed by atoms with E-state index in [1.54, 1.807) is 0 Å². The highest BCUT2D eigenvalue weighted by Gasteiger charge is 2.43. The SMILES string of the molecule is O=C(NCc1noc(-c2ccccc2)n1)[C@@H]1C[C@H]1c1ccccc1. The van der Waals surface area contributed by atoms with Crippen LogP contribution in [0.4, 0.5) is 0 Å². The Labute approximate surface area is 139 Å². The molecule has 1 aliphatic carbocycles. The van der Waals surface area contributed by atoms with Crippen LogP contribution in [0.15, 0.2) is 65.2 Å². The van der Waals surface area contributed by atoms with Gasteiger partial charge in [0.05, 0.1) is 6.54 Å². The third-order valence-corrected chi connectivity index (χ3v) is 4.26. The zero-order valence-electron chi connectivity index (χ0n) is 13.1. The Morgan fingerprint density at radius 2 is 1.79 bits per heavy atom. The maximum absolute atomic E-state index is 12.2. The summed E-state index contributed by atoms with van der Waals surface area (Å²) in [5.74, 6) is 1.38. The summed E-state index contributed by atoms with van der Waals surface area (Å²) in [6.45, 7) is 0.285. The van der Waals surface area contributed by atoms with Gasteiger partial charge in [-0.25, -0.2) is 0 Å². The smallest absolute Gasteiger partial charge is 0.257 e. The van der Waals surface area contributed by atoms with Gasteiger partial charge in [-0.1, -0.05) is 53.7 Å². The van der Waals surface area contributed by atoms with Crippen molar-refractivity contribution in [1.29, 1.82) is 0 Å². The molecule has 24 heavy (non-hydrogen) atoms. The van der Waals surface area contributed by atoms with E-state index >= 15 is 0 Å². The van der Waals surface area contributed by atoms with Crippen molar-refractivity contribution in [3.63, 3.8) is 0 Å². The van der Waals surface area contributed by atoms with E-state index in [-0.39, 0.29) is 18.4 Å². The highest BCUT2D eigenvalue weighted by Crippen LogP contribution is 2.47. The summed E-state index contributed by atoms with van der Waals surface area (Å²) in [5.41, 5.74) is 2.09. The van der Waals surface area contributed by atoms with Crippen LogP contribution in [0, 0.1) is 5.92 Å². The van der Waals surface area contributed by atoms with Gasteiger partial charge in [0, 0.05) is 11.5 Å². The molecular weight excluding hydrogens is 302 g/mol. The highest BCUT2D eigenvalue weighted by atomic mass is 16.5. The lowest BCUT2D eigenvalue weighted by atomic mass is 10.1. The highest BCUT2D eigenvalue weighted by molar-refractivity contribution is 5.82. The number of carbonyl (C=O) groups is 1. The minimum Gasteiger partial charge on any atom is -0.348 e. The third kappa shape index (κ3) is 3.06. The molecule has 1 aliphatic rings. The van der Waals surface area contributed by atoms with Crippen molar-refractivity contribution in [3.05, 3.63) is 72.1 Å². The van der Waals surface area contributed by atoms with Crippen molar-refractivity contribution in [2.45, 2.75) is 18.9 Å². The molecule has 0 unspecified atom stereocenters. The number of rotatable bonds is 5. The topological polar surface area (TPSA) is 68.0 Å². The zero-order valence-corrected chi connectivity index (χ0v) is 13.1. The Bertz CT molecular complexity index is 830. The summed E-state index contributed by atoms with van der Waals surface area (Å²) in [6.07, 6.45) is 0.900. The van der Waals surface area contributed by atoms with Crippen LogP contribution in [0.3, 0.4) is 0 Å². The number of benzene rings is 2. The Kier molecular flexibility index (Phi) is 3.83. The Balaban J connectivity index is 1.33. The second-order valence-corrected chi connectivity index (χ2v) is 5.96. The Hall–Kier alpha value is -2.95. The molecule has 2 atom stereocenters. The molecule has 0 saturated heterocycles. The molecule has 5 nitrogen and oxygen atoms in total. The number of amides is 1. The molecule has 5 heteroatoms.